The molecule has 1 aliphatic rings. The molecule has 134 valence electrons. The molecule has 3 nitrogen and oxygen atoms in total. The molecule has 0 saturated carbocycles. The fourth-order valence-corrected chi connectivity index (χ4v) is 5.16. The molecule has 0 unspecified atom stereocenters. The maximum absolute atomic E-state index is 4.94. The highest BCUT2D eigenvalue weighted by Gasteiger charge is 2.21. The number of anilines is 2. The van der Waals surface area contributed by atoms with E-state index in [2.05, 4.69) is 45.5 Å². The Kier molecular flexibility index (Phi) is 4.42. The molecule has 1 aliphatic carbocycles. The van der Waals surface area contributed by atoms with Gasteiger partial charge in [-0.25, -0.2) is 9.97 Å². The molecule has 5 heteroatoms. The Morgan fingerprint density at radius 1 is 0.889 bits per heavy atom. The Morgan fingerprint density at radius 3 is 2.48 bits per heavy atom. The monoisotopic (exact) mass is 435 g/mol. The van der Waals surface area contributed by atoms with Crippen molar-refractivity contribution < 1.29 is 0 Å². The molecule has 0 saturated heterocycles. The highest BCUT2D eigenvalue weighted by atomic mass is 79.9. The van der Waals surface area contributed by atoms with Crippen molar-refractivity contribution >= 4 is 49.0 Å². The van der Waals surface area contributed by atoms with E-state index in [1.807, 2.05) is 41.7 Å². The summed E-state index contributed by atoms with van der Waals surface area (Å²) in [4.78, 5) is 12.4. The van der Waals surface area contributed by atoms with Crippen molar-refractivity contribution in [3.63, 3.8) is 0 Å². The molecule has 0 amide bonds. The van der Waals surface area contributed by atoms with Gasteiger partial charge in [0.05, 0.1) is 5.39 Å². The van der Waals surface area contributed by atoms with Gasteiger partial charge in [0.1, 0.15) is 10.6 Å². The third kappa shape index (κ3) is 3.26. The fraction of sp³-hybridized carbons (Fsp3) is 0.182. The zero-order valence-electron chi connectivity index (χ0n) is 14.7. The van der Waals surface area contributed by atoms with E-state index in [4.69, 9.17) is 9.97 Å². The van der Waals surface area contributed by atoms with Crippen LogP contribution in [0.5, 0.6) is 0 Å². The van der Waals surface area contributed by atoms with Crippen LogP contribution in [-0.2, 0) is 12.8 Å². The second kappa shape index (κ2) is 7.06. The smallest absolute Gasteiger partial charge is 0.163 e. The number of aryl methyl sites for hydroxylation is 2. The molecule has 5 rings (SSSR count). The third-order valence-electron chi connectivity index (χ3n) is 4.95. The van der Waals surface area contributed by atoms with Gasteiger partial charge in [0.2, 0.25) is 0 Å². The number of hydrogen-bond acceptors (Lipinski definition) is 4. The van der Waals surface area contributed by atoms with E-state index in [-0.39, 0.29) is 0 Å². The van der Waals surface area contributed by atoms with Crippen LogP contribution in [0.1, 0.15) is 23.3 Å². The predicted molar refractivity (Wildman–Crippen MR) is 117 cm³/mol. The Morgan fingerprint density at radius 2 is 1.67 bits per heavy atom. The first-order valence-electron chi connectivity index (χ1n) is 9.18. The zero-order valence-corrected chi connectivity index (χ0v) is 17.1. The molecular formula is C22H18BrN3S. The van der Waals surface area contributed by atoms with E-state index in [0.717, 1.165) is 45.0 Å². The average Bonchev–Trinajstić information content (AvgIpc) is 3.09. The second-order valence-corrected chi connectivity index (χ2v) is 8.78. The van der Waals surface area contributed by atoms with Crippen LogP contribution in [0.4, 0.5) is 11.5 Å². The highest BCUT2D eigenvalue weighted by molar-refractivity contribution is 9.10. The topological polar surface area (TPSA) is 37.8 Å². The van der Waals surface area contributed by atoms with Gasteiger partial charge >= 0.3 is 0 Å². The fourth-order valence-electron chi connectivity index (χ4n) is 3.63. The lowest BCUT2D eigenvalue weighted by molar-refractivity contribution is 0.700. The average molecular weight is 436 g/mol. The van der Waals surface area contributed by atoms with Crippen LogP contribution in [0.25, 0.3) is 21.6 Å². The van der Waals surface area contributed by atoms with Crippen LogP contribution in [0.15, 0.2) is 59.1 Å². The summed E-state index contributed by atoms with van der Waals surface area (Å²) in [6.07, 6.45) is 4.80. The van der Waals surface area contributed by atoms with Crippen molar-refractivity contribution in [2.24, 2.45) is 0 Å². The number of thiophene rings is 1. The molecule has 2 aromatic carbocycles. The number of fused-ring (bicyclic) bond motifs is 3. The number of halogens is 1. The number of nitrogens with one attached hydrogen (secondary N) is 1. The van der Waals surface area contributed by atoms with E-state index in [9.17, 15) is 0 Å². The van der Waals surface area contributed by atoms with Crippen molar-refractivity contribution in [2.45, 2.75) is 25.7 Å². The van der Waals surface area contributed by atoms with Crippen molar-refractivity contribution in [2.75, 3.05) is 5.32 Å². The highest BCUT2D eigenvalue weighted by Crippen LogP contribution is 2.40. The Labute approximate surface area is 170 Å². The number of benzene rings is 2. The maximum Gasteiger partial charge on any atom is 0.163 e. The van der Waals surface area contributed by atoms with Gasteiger partial charge in [0.25, 0.3) is 0 Å². The van der Waals surface area contributed by atoms with Gasteiger partial charge in [0.15, 0.2) is 5.82 Å². The van der Waals surface area contributed by atoms with Crippen molar-refractivity contribution in [1.82, 2.24) is 9.97 Å². The summed E-state index contributed by atoms with van der Waals surface area (Å²) in [6, 6.07) is 18.4. The number of rotatable bonds is 3. The van der Waals surface area contributed by atoms with Crippen molar-refractivity contribution in [3.05, 3.63) is 69.5 Å². The van der Waals surface area contributed by atoms with Gasteiger partial charge in [-0.3, -0.25) is 0 Å². The van der Waals surface area contributed by atoms with Gasteiger partial charge in [0, 0.05) is 20.6 Å². The predicted octanol–water partition coefficient (Wildman–Crippen LogP) is 6.74. The first kappa shape index (κ1) is 16.9. The lowest BCUT2D eigenvalue weighted by atomic mass is 9.97. The summed E-state index contributed by atoms with van der Waals surface area (Å²) in [5, 5.41) is 4.76. The number of aromatic nitrogens is 2. The molecule has 0 atom stereocenters. The molecule has 1 N–H and O–H groups in total. The molecule has 0 radical (unpaired) electrons. The van der Waals surface area contributed by atoms with E-state index >= 15 is 0 Å². The summed E-state index contributed by atoms with van der Waals surface area (Å²) in [7, 11) is 0. The van der Waals surface area contributed by atoms with Crippen LogP contribution in [-0.4, -0.2) is 9.97 Å². The SMILES string of the molecule is Brc1ccc(Nc2nc(-c3ccccc3)nc3sc4c(c23)CCCC4)cc1. The third-order valence-corrected chi connectivity index (χ3v) is 6.67. The van der Waals surface area contributed by atoms with Gasteiger partial charge in [-0.15, -0.1) is 11.3 Å². The number of nitrogens with zero attached hydrogens (tertiary/aromatic N) is 2. The van der Waals surface area contributed by atoms with Gasteiger partial charge < -0.3 is 5.32 Å². The maximum atomic E-state index is 4.94. The van der Waals surface area contributed by atoms with E-state index in [0.29, 0.717) is 0 Å². The Balaban J connectivity index is 1.69. The van der Waals surface area contributed by atoms with Crippen LogP contribution >= 0.6 is 27.3 Å². The lowest BCUT2D eigenvalue weighted by Crippen LogP contribution is -2.02. The Hall–Kier alpha value is -2.24. The largest absolute Gasteiger partial charge is 0.340 e. The summed E-state index contributed by atoms with van der Waals surface area (Å²) in [6.45, 7) is 0. The lowest BCUT2D eigenvalue weighted by Gasteiger charge is -2.13. The summed E-state index contributed by atoms with van der Waals surface area (Å²) in [5.74, 6) is 1.70. The van der Waals surface area contributed by atoms with Crippen LogP contribution < -0.4 is 5.32 Å². The van der Waals surface area contributed by atoms with E-state index < -0.39 is 0 Å². The minimum atomic E-state index is 0.779. The van der Waals surface area contributed by atoms with Crippen molar-refractivity contribution in [1.29, 1.82) is 0 Å². The van der Waals surface area contributed by atoms with Crippen LogP contribution in [0, 0.1) is 0 Å². The van der Waals surface area contributed by atoms with Gasteiger partial charge in [-0.2, -0.15) is 0 Å². The van der Waals surface area contributed by atoms with Crippen molar-refractivity contribution in [3.8, 4) is 11.4 Å². The molecule has 0 spiro atoms. The molecule has 0 aliphatic heterocycles. The van der Waals surface area contributed by atoms with E-state index in [1.165, 1.54) is 28.7 Å². The quantitative estimate of drug-likeness (QED) is 0.386. The number of hydrogen-bond donors (Lipinski definition) is 1. The van der Waals surface area contributed by atoms with Crippen LogP contribution in [0.2, 0.25) is 0 Å². The Bertz CT molecular complexity index is 1100. The summed E-state index contributed by atoms with van der Waals surface area (Å²) < 4.78 is 1.07. The summed E-state index contributed by atoms with van der Waals surface area (Å²) >= 11 is 5.34. The second-order valence-electron chi connectivity index (χ2n) is 6.78. The standard InChI is InChI=1S/C22H18BrN3S/c23-15-10-12-16(13-11-15)24-21-19-17-8-4-5-9-18(17)27-22(19)26-20(25-21)14-6-2-1-3-7-14/h1-3,6-7,10-13H,4-5,8-9H2,(H,24,25,26). The minimum Gasteiger partial charge on any atom is -0.340 e. The molecule has 4 aromatic rings. The van der Waals surface area contributed by atoms with Crippen LogP contribution in [0.3, 0.4) is 0 Å². The molecule has 2 heterocycles. The first-order valence-corrected chi connectivity index (χ1v) is 10.8. The normalized spacial score (nSPS) is 13.5. The molecule has 27 heavy (non-hydrogen) atoms. The molecule has 2 aromatic heterocycles. The summed E-state index contributed by atoms with van der Waals surface area (Å²) in [5.41, 5.74) is 3.53. The first-order chi connectivity index (χ1) is 13.3. The molecule has 0 fully saturated rings. The zero-order chi connectivity index (χ0) is 18.2. The minimum absolute atomic E-state index is 0.779. The van der Waals surface area contributed by atoms with Gasteiger partial charge in [-0.05, 0) is 55.5 Å². The molecule has 0 bridgehead atoms. The van der Waals surface area contributed by atoms with Gasteiger partial charge in [-0.1, -0.05) is 46.3 Å². The van der Waals surface area contributed by atoms with E-state index in [1.54, 1.807) is 0 Å². The molecular weight excluding hydrogens is 418 g/mol.